The molecule has 0 bridgehead atoms. The molecule has 3 rings (SSSR count). The number of rotatable bonds is 5. The first-order valence-corrected chi connectivity index (χ1v) is 10.1. The number of methoxy groups -OCH3 is 1. The van der Waals surface area contributed by atoms with E-state index in [1.165, 1.54) is 45.0 Å². The lowest BCUT2D eigenvalue weighted by Gasteiger charge is -2.26. The van der Waals surface area contributed by atoms with Crippen molar-refractivity contribution in [1.82, 2.24) is 10.2 Å². The number of carbonyl (C=O) groups is 1. The number of ether oxygens (including phenoxy) is 1. The first kappa shape index (κ1) is 23.4. The number of hydrogen-bond donors (Lipinski definition) is 2. The minimum absolute atomic E-state index is 0. The van der Waals surface area contributed by atoms with Gasteiger partial charge in [-0.3, -0.25) is 15.0 Å². The summed E-state index contributed by atoms with van der Waals surface area (Å²) in [6, 6.07) is 13.0. The molecular weight excluding hydrogens is 429 g/mol. The van der Waals surface area contributed by atoms with Gasteiger partial charge in [0, 0.05) is 17.8 Å². The lowest BCUT2D eigenvalue weighted by molar-refractivity contribution is 0.0977. The van der Waals surface area contributed by atoms with Gasteiger partial charge in [0.1, 0.15) is 5.75 Å². The van der Waals surface area contributed by atoms with Crippen LogP contribution < -0.4 is 15.4 Å². The van der Waals surface area contributed by atoms with Crippen molar-refractivity contribution in [2.45, 2.75) is 25.8 Å². The highest BCUT2D eigenvalue weighted by Crippen LogP contribution is 2.24. The second kappa shape index (κ2) is 11.4. The van der Waals surface area contributed by atoms with Crippen molar-refractivity contribution in [3.05, 3.63) is 58.6 Å². The Kier molecular flexibility index (Phi) is 9.17. The molecule has 0 spiro atoms. The Bertz CT molecular complexity index is 840. The molecule has 1 fully saturated rings. The molecule has 1 aliphatic rings. The van der Waals surface area contributed by atoms with E-state index in [0.29, 0.717) is 16.3 Å². The Morgan fingerprint density at radius 1 is 1.14 bits per heavy atom. The van der Waals surface area contributed by atoms with Crippen LogP contribution in [0.2, 0.25) is 5.02 Å². The Balaban J connectivity index is 0.00000300. The molecule has 2 aromatic carbocycles. The van der Waals surface area contributed by atoms with Crippen LogP contribution in [0.3, 0.4) is 0 Å². The van der Waals surface area contributed by atoms with Gasteiger partial charge in [0.15, 0.2) is 5.11 Å². The van der Waals surface area contributed by atoms with Crippen molar-refractivity contribution in [2.24, 2.45) is 0 Å². The van der Waals surface area contributed by atoms with Crippen LogP contribution in [0.25, 0.3) is 0 Å². The fraction of sp³-hybridized carbons (Fsp3) is 0.333. The van der Waals surface area contributed by atoms with Crippen LogP contribution in [-0.2, 0) is 6.54 Å². The molecule has 1 amide bonds. The molecule has 0 aromatic heterocycles. The maximum absolute atomic E-state index is 12.3. The maximum Gasteiger partial charge on any atom is 0.257 e. The van der Waals surface area contributed by atoms with Crippen molar-refractivity contribution in [2.75, 3.05) is 25.5 Å². The normalized spacial score (nSPS) is 13.9. The minimum atomic E-state index is -0.330. The first-order valence-electron chi connectivity index (χ1n) is 9.32. The van der Waals surface area contributed by atoms with Gasteiger partial charge < -0.3 is 10.1 Å². The highest BCUT2D eigenvalue weighted by molar-refractivity contribution is 7.80. The molecule has 1 heterocycles. The standard InChI is InChI=1S/C21H24ClN3O2S.ClH/c1-27-19-10-7-16(13-18(19)22)20(26)24-21(28)23-17-8-5-15(6-9-17)14-25-11-3-2-4-12-25;/h5-10,13H,2-4,11-12,14H2,1H3,(H2,23,24,26,28);1H. The smallest absolute Gasteiger partial charge is 0.257 e. The summed E-state index contributed by atoms with van der Waals surface area (Å²) in [6.07, 6.45) is 3.91. The molecule has 0 radical (unpaired) electrons. The molecule has 1 saturated heterocycles. The summed E-state index contributed by atoms with van der Waals surface area (Å²) >= 11 is 11.3. The average molecular weight is 454 g/mol. The summed E-state index contributed by atoms with van der Waals surface area (Å²) in [5, 5.41) is 6.31. The third kappa shape index (κ3) is 6.85. The van der Waals surface area contributed by atoms with Gasteiger partial charge in [0.2, 0.25) is 0 Å². The van der Waals surface area contributed by atoms with Crippen LogP contribution in [0.5, 0.6) is 5.75 Å². The van der Waals surface area contributed by atoms with Crippen LogP contribution >= 0.6 is 36.2 Å². The molecule has 156 valence electrons. The number of anilines is 1. The molecular formula is C21H25Cl2N3O2S. The number of likely N-dealkylation sites (tertiary alicyclic amines) is 1. The number of benzene rings is 2. The van der Waals surface area contributed by atoms with Crippen molar-refractivity contribution in [1.29, 1.82) is 0 Å². The Labute approximate surface area is 188 Å². The molecule has 2 aromatic rings. The van der Waals surface area contributed by atoms with Crippen LogP contribution in [0, 0.1) is 0 Å². The van der Waals surface area contributed by atoms with Crippen LogP contribution in [0.15, 0.2) is 42.5 Å². The quantitative estimate of drug-likeness (QED) is 0.631. The highest BCUT2D eigenvalue weighted by Gasteiger charge is 2.12. The van der Waals surface area contributed by atoms with E-state index in [2.05, 4.69) is 27.7 Å². The lowest BCUT2D eigenvalue weighted by atomic mass is 10.1. The van der Waals surface area contributed by atoms with Gasteiger partial charge in [-0.1, -0.05) is 30.2 Å². The SMILES string of the molecule is COc1ccc(C(=O)NC(=S)Nc2ccc(CN3CCCCC3)cc2)cc1Cl.Cl. The van der Waals surface area contributed by atoms with Crippen LogP contribution in [0.1, 0.15) is 35.2 Å². The van der Waals surface area contributed by atoms with E-state index < -0.39 is 0 Å². The highest BCUT2D eigenvalue weighted by atomic mass is 35.5. The molecule has 2 N–H and O–H groups in total. The average Bonchev–Trinajstić information content (AvgIpc) is 2.70. The molecule has 29 heavy (non-hydrogen) atoms. The zero-order valence-corrected chi connectivity index (χ0v) is 18.6. The number of carbonyl (C=O) groups excluding carboxylic acids is 1. The molecule has 1 aliphatic heterocycles. The van der Waals surface area contributed by atoms with E-state index in [1.54, 1.807) is 18.2 Å². The lowest BCUT2D eigenvalue weighted by Crippen LogP contribution is -2.34. The fourth-order valence-corrected chi connectivity index (χ4v) is 3.68. The Morgan fingerprint density at radius 2 is 1.83 bits per heavy atom. The Hall–Kier alpha value is -1.86. The second-order valence-corrected chi connectivity index (χ2v) is 7.61. The van der Waals surface area contributed by atoms with Gasteiger partial charge in [0.05, 0.1) is 12.1 Å². The monoisotopic (exact) mass is 453 g/mol. The van der Waals surface area contributed by atoms with Gasteiger partial charge in [-0.05, 0) is 74.0 Å². The second-order valence-electron chi connectivity index (χ2n) is 6.79. The van der Waals surface area contributed by atoms with Gasteiger partial charge >= 0.3 is 0 Å². The van der Waals surface area contributed by atoms with Crippen molar-refractivity contribution >= 4 is 52.9 Å². The fourth-order valence-electron chi connectivity index (χ4n) is 3.21. The summed E-state index contributed by atoms with van der Waals surface area (Å²) in [4.78, 5) is 14.8. The number of hydrogen-bond acceptors (Lipinski definition) is 4. The molecule has 0 unspecified atom stereocenters. The van der Waals surface area contributed by atoms with Crippen molar-refractivity contribution < 1.29 is 9.53 Å². The van der Waals surface area contributed by atoms with Gasteiger partial charge in [-0.15, -0.1) is 12.4 Å². The van der Waals surface area contributed by atoms with E-state index in [9.17, 15) is 4.79 Å². The summed E-state index contributed by atoms with van der Waals surface area (Å²) in [5.74, 6) is 0.187. The summed E-state index contributed by atoms with van der Waals surface area (Å²) in [5.41, 5.74) is 2.52. The van der Waals surface area contributed by atoms with E-state index in [-0.39, 0.29) is 23.4 Å². The Morgan fingerprint density at radius 3 is 2.45 bits per heavy atom. The van der Waals surface area contributed by atoms with E-state index in [0.717, 1.165) is 12.2 Å². The zero-order valence-electron chi connectivity index (χ0n) is 16.2. The van der Waals surface area contributed by atoms with Gasteiger partial charge in [-0.2, -0.15) is 0 Å². The summed E-state index contributed by atoms with van der Waals surface area (Å²) in [7, 11) is 1.53. The number of piperidine rings is 1. The summed E-state index contributed by atoms with van der Waals surface area (Å²) in [6.45, 7) is 3.32. The number of halogens is 2. The van der Waals surface area contributed by atoms with E-state index in [1.807, 2.05) is 12.1 Å². The van der Waals surface area contributed by atoms with Crippen molar-refractivity contribution in [3.63, 3.8) is 0 Å². The molecule has 8 heteroatoms. The van der Waals surface area contributed by atoms with Crippen molar-refractivity contribution in [3.8, 4) is 5.75 Å². The van der Waals surface area contributed by atoms with Gasteiger partial charge in [0.25, 0.3) is 5.91 Å². The molecule has 0 atom stereocenters. The number of nitrogens with one attached hydrogen (secondary N) is 2. The molecule has 0 aliphatic carbocycles. The largest absolute Gasteiger partial charge is 0.495 e. The summed E-state index contributed by atoms with van der Waals surface area (Å²) < 4.78 is 5.09. The number of thiocarbonyl (C=S) groups is 1. The predicted molar refractivity (Wildman–Crippen MR) is 125 cm³/mol. The molecule has 5 nitrogen and oxygen atoms in total. The predicted octanol–water partition coefficient (Wildman–Crippen LogP) is 4.88. The maximum atomic E-state index is 12.3. The first-order chi connectivity index (χ1) is 13.5. The molecule has 0 saturated carbocycles. The van der Waals surface area contributed by atoms with Gasteiger partial charge in [-0.25, -0.2) is 0 Å². The van der Waals surface area contributed by atoms with Crippen LogP contribution in [-0.4, -0.2) is 36.1 Å². The zero-order chi connectivity index (χ0) is 19.9. The number of amides is 1. The van der Waals surface area contributed by atoms with E-state index >= 15 is 0 Å². The third-order valence-corrected chi connectivity index (χ3v) is 5.21. The third-order valence-electron chi connectivity index (χ3n) is 4.71. The van der Waals surface area contributed by atoms with Crippen LogP contribution in [0.4, 0.5) is 5.69 Å². The minimum Gasteiger partial charge on any atom is -0.495 e. The topological polar surface area (TPSA) is 53.6 Å². The number of nitrogens with zero attached hydrogens (tertiary/aromatic N) is 1. The van der Waals surface area contributed by atoms with E-state index in [4.69, 9.17) is 28.6 Å².